The molecule has 0 unspecified atom stereocenters. The Hall–Kier alpha value is -3.77. The number of nitrogens with zero attached hydrogens (tertiary/aromatic N) is 5. The number of benzene rings is 2. The van der Waals surface area contributed by atoms with E-state index in [2.05, 4.69) is 51.1 Å². The first-order valence-electron chi connectivity index (χ1n) is 11.1. The first-order valence-corrected chi connectivity index (χ1v) is 12.6. The van der Waals surface area contributed by atoms with Crippen LogP contribution in [-0.2, 0) is 10.0 Å². The quantitative estimate of drug-likeness (QED) is 0.373. The summed E-state index contributed by atoms with van der Waals surface area (Å²) in [6.07, 6.45) is 1.18. The standard InChI is InChI=1S/C23H27N7O4S/c1-16-7-9-19(10-8-16)35(33,34)27-26-22-21(30(31)32)23(25-15-24-22)29-13-11-28(12-14-29)20-6-4-5-17(2)18(20)3/h4-10,15,27H,11-14H2,1-3H3,(H,24,25,26). The van der Waals surface area contributed by atoms with E-state index in [1.807, 2.05) is 17.9 Å². The van der Waals surface area contributed by atoms with Crippen molar-refractivity contribution in [3.63, 3.8) is 0 Å². The molecule has 2 N–H and O–H groups in total. The van der Waals surface area contributed by atoms with Crippen LogP contribution in [-0.4, -0.2) is 49.5 Å². The van der Waals surface area contributed by atoms with Gasteiger partial charge in [0.2, 0.25) is 11.6 Å². The van der Waals surface area contributed by atoms with Crippen molar-refractivity contribution in [2.75, 3.05) is 41.4 Å². The molecule has 0 aliphatic carbocycles. The lowest BCUT2D eigenvalue weighted by Crippen LogP contribution is -2.47. The summed E-state index contributed by atoms with van der Waals surface area (Å²) in [5, 5.41) is 12.0. The summed E-state index contributed by atoms with van der Waals surface area (Å²) in [7, 11) is -3.97. The lowest BCUT2D eigenvalue weighted by Gasteiger charge is -2.37. The lowest BCUT2D eigenvalue weighted by atomic mass is 10.1. The smallest absolute Gasteiger partial charge is 0.354 e. The summed E-state index contributed by atoms with van der Waals surface area (Å²) in [5.41, 5.74) is 6.49. The molecule has 4 rings (SSSR count). The number of aromatic nitrogens is 2. The lowest BCUT2D eigenvalue weighted by molar-refractivity contribution is -0.383. The highest BCUT2D eigenvalue weighted by Crippen LogP contribution is 2.33. The van der Waals surface area contributed by atoms with Gasteiger partial charge in [-0.15, -0.1) is 4.83 Å². The van der Waals surface area contributed by atoms with E-state index in [4.69, 9.17) is 0 Å². The third-order valence-electron chi connectivity index (χ3n) is 6.12. The molecule has 0 radical (unpaired) electrons. The number of anilines is 3. The molecule has 1 fully saturated rings. The summed E-state index contributed by atoms with van der Waals surface area (Å²) >= 11 is 0. The molecule has 1 aliphatic rings. The van der Waals surface area contributed by atoms with Crippen LogP contribution in [0.2, 0.25) is 0 Å². The fourth-order valence-corrected chi connectivity index (χ4v) is 4.83. The maximum absolute atomic E-state index is 12.6. The third-order valence-corrected chi connectivity index (χ3v) is 7.38. The molecule has 1 saturated heterocycles. The molecule has 0 saturated carbocycles. The van der Waals surface area contributed by atoms with E-state index < -0.39 is 14.9 Å². The summed E-state index contributed by atoms with van der Waals surface area (Å²) in [6.45, 7) is 8.35. The van der Waals surface area contributed by atoms with Crippen LogP contribution in [0, 0.1) is 30.9 Å². The topological polar surface area (TPSA) is 134 Å². The molecule has 0 bridgehead atoms. The molecule has 0 amide bonds. The van der Waals surface area contributed by atoms with E-state index in [0.29, 0.717) is 26.2 Å². The zero-order chi connectivity index (χ0) is 25.2. The predicted octanol–water partition coefficient (Wildman–Crippen LogP) is 2.94. The summed E-state index contributed by atoms with van der Waals surface area (Å²) in [5.74, 6) is -0.0877. The Kier molecular flexibility index (Phi) is 6.85. The van der Waals surface area contributed by atoms with Gasteiger partial charge in [-0.1, -0.05) is 29.8 Å². The fourth-order valence-electron chi connectivity index (χ4n) is 3.99. The average molecular weight is 498 g/mol. The number of aryl methyl sites for hydroxylation is 2. The minimum atomic E-state index is -3.97. The molecule has 0 atom stereocenters. The van der Waals surface area contributed by atoms with Crippen molar-refractivity contribution < 1.29 is 13.3 Å². The second-order valence-electron chi connectivity index (χ2n) is 8.39. The first-order chi connectivity index (χ1) is 16.7. The molecule has 35 heavy (non-hydrogen) atoms. The fraction of sp³-hybridized carbons (Fsp3) is 0.304. The highest BCUT2D eigenvalue weighted by Gasteiger charge is 2.30. The Labute approximate surface area is 204 Å². The Morgan fingerprint density at radius 2 is 1.60 bits per heavy atom. The SMILES string of the molecule is Cc1ccc(S(=O)(=O)NNc2ncnc(N3CCN(c4cccc(C)c4C)CC3)c2[N+](=O)[O-])cc1. The van der Waals surface area contributed by atoms with Crippen LogP contribution < -0.4 is 20.1 Å². The Balaban J connectivity index is 1.52. The zero-order valence-electron chi connectivity index (χ0n) is 19.7. The minimum absolute atomic E-state index is 0.0232. The van der Waals surface area contributed by atoms with Crippen molar-refractivity contribution in [3.05, 3.63) is 75.6 Å². The van der Waals surface area contributed by atoms with Crippen molar-refractivity contribution >= 4 is 33.0 Å². The van der Waals surface area contributed by atoms with Crippen LogP contribution in [0.4, 0.5) is 23.0 Å². The van der Waals surface area contributed by atoms with Crippen LogP contribution in [0.25, 0.3) is 0 Å². The number of hydrogen-bond donors (Lipinski definition) is 2. The number of nitro groups is 1. The van der Waals surface area contributed by atoms with E-state index in [9.17, 15) is 18.5 Å². The molecule has 11 nitrogen and oxygen atoms in total. The average Bonchev–Trinajstić information content (AvgIpc) is 2.84. The van der Waals surface area contributed by atoms with E-state index in [1.54, 1.807) is 12.1 Å². The van der Waals surface area contributed by atoms with Gasteiger partial charge in [0.1, 0.15) is 6.33 Å². The van der Waals surface area contributed by atoms with Crippen molar-refractivity contribution in [2.24, 2.45) is 0 Å². The molecule has 0 spiro atoms. The van der Waals surface area contributed by atoms with Crippen molar-refractivity contribution in [2.45, 2.75) is 25.7 Å². The van der Waals surface area contributed by atoms with Crippen molar-refractivity contribution in [3.8, 4) is 0 Å². The maximum Gasteiger partial charge on any atom is 0.354 e. The molecule has 12 heteroatoms. The second-order valence-corrected chi connectivity index (χ2v) is 10.1. The Bertz CT molecular complexity index is 1340. The van der Waals surface area contributed by atoms with Gasteiger partial charge in [0.25, 0.3) is 10.0 Å². The maximum atomic E-state index is 12.6. The van der Waals surface area contributed by atoms with Gasteiger partial charge in [-0.05, 0) is 50.1 Å². The number of sulfonamides is 1. The van der Waals surface area contributed by atoms with Crippen molar-refractivity contribution in [1.82, 2.24) is 14.8 Å². The largest absolute Gasteiger partial charge is 0.368 e. The number of rotatable bonds is 7. The Morgan fingerprint density at radius 1 is 0.943 bits per heavy atom. The van der Waals surface area contributed by atoms with Crippen molar-refractivity contribution in [1.29, 1.82) is 0 Å². The van der Waals surface area contributed by atoms with E-state index in [1.165, 1.54) is 29.6 Å². The van der Waals surface area contributed by atoms with E-state index in [0.717, 1.165) is 11.3 Å². The van der Waals surface area contributed by atoms with Gasteiger partial charge in [-0.25, -0.2) is 18.4 Å². The minimum Gasteiger partial charge on any atom is -0.368 e. The van der Waals surface area contributed by atoms with Gasteiger partial charge in [-0.3, -0.25) is 15.5 Å². The summed E-state index contributed by atoms with van der Waals surface area (Å²) in [4.78, 5) is 25.7. The molecule has 2 aromatic carbocycles. The highest BCUT2D eigenvalue weighted by atomic mass is 32.2. The monoisotopic (exact) mass is 497 g/mol. The highest BCUT2D eigenvalue weighted by molar-refractivity contribution is 7.89. The normalized spacial score (nSPS) is 14.1. The van der Waals surface area contributed by atoms with Gasteiger partial charge in [0.15, 0.2) is 0 Å². The molecule has 184 valence electrons. The van der Waals surface area contributed by atoms with Gasteiger partial charge < -0.3 is 9.80 Å². The molecule has 3 aromatic rings. The third kappa shape index (κ3) is 5.17. The number of hydrogen-bond acceptors (Lipinski definition) is 9. The van der Waals surface area contributed by atoms with Gasteiger partial charge in [0, 0.05) is 31.9 Å². The van der Waals surface area contributed by atoms with Crippen LogP contribution in [0.5, 0.6) is 0 Å². The van der Waals surface area contributed by atoms with Crippen LogP contribution in [0.15, 0.2) is 53.7 Å². The van der Waals surface area contributed by atoms with Crippen LogP contribution in [0.1, 0.15) is 16.7 Å². The first kappa shape index (κ1) is 24.4. The van der Waals surface area contributed by atoms with Gasteiger partial charge in [-0.2, -0.15) is 0 Å². The van der Waals surface area contributed by atoms with Crippen LogP contribution >= 0.6 is 0 Å². The second kappa shape index (κ2) is 9.84. The number of nitrogens with one attached hydrogen (secondary N) is 2. The van der Waals surface area contributed by atoms with Gasteiger partial charge >= 0.3 is 5.69 Å². The van der Waals surface area contributed by atoms with Gasteiger partial charge in [0.05, 0.1) is 9.82 Å². The molecular formula is C23H27N7O4S. The zero-order valence-corrected chi connectivity index (χ0v) is 20.5. The molecule has 1 aromatic heterocycles. The Morgan fingerprint density at radius 3 is 2.26 bits per heavy atom. The molecular weight excluding hydrogens is 470 g/mol. The van der Waals surface area contributed by atoms with E-state index in [-0.39, 0.29) is 22.2 Å². The summed E-state index contributed by atoms with van der Waals surface area (Å²) in [6, 6.07) is 12.4. The predicted molar refractivity (Wildman–Crippen MR) is 134 cm³/mol. The van der Waals surface area contributed by atoms with Crippen LogP contribution in [0.3, 0.4) is 0 Å². The number of hydrazine groups is 1. The molecule has 1 aliphatic heterocycles. The molecule has 2 heterocycles. The summed E-state index contributed by atoms with van der Waals surface area (Å²) < 4.78 is 25.2. The number of piperazine rings is 1. The van der Waals surface area contributed by atoms with E-state index >= 15 is 0 Å².